The van der Waals surface area contributed by atoms with Crippen LogP contribution < -0.4 is 19.5 Å². The number of amides is 1. The predicted molar refractivity (Wildman–Crippen MR) is 97.7 cm³/mol. The minimum absolute atomic E-state index is 0.206. The number of halogens is 1. The highest BCUT2D eigenvalue weighted by molar-refractivity contribution is 6.31. The summed E-state index contributed by atoms with van der Waals surface area (Å²) >= 11 is 5.99. The molecule has 2 aromatic rings. The summed E-state index contributed by atoms with van der Waals surface area (Å²) in [4.78, 5) is 12.2. The second kappa shape index (κ2) is 8.62. The Hall–Kier alpha value is -2.40. The van der Waals surface area contributed by atoms with Gasteiger partial charge in [-0.2, -0.15) is 0 Å². The van der Waals surface area contributed by atoms with Gasteiger partial charge in [-0.25, -0.2) is 0 Å². The normalized spacial score (nSPS) is 11.6. The zero-order valence-corrected chi connectivity index (χ0v) is 15.5. The Balaban J connectivity index is 1.94. The van der Waals surface area contributed by atoms with E-state index in [4.69, 9.17) is 25.8 Å². The van der Waals surface area contributed by atoms with Crippen molar-refractivity contribution in [3.8, 4) is 17.2 Å². The van der Waals surface area contributed by atoms with E-state index in [0.29, 0.717) is 28.8 Å². The lowest BCUT2D eigenvalue weighted by Gasteiger charge is -2.16. The number of nitrogens with one attached hydrogen (secondary N) is 1. The smallest absolute Gasteiger partial charge is 0.261 e. The summed E-state index contributed by atoms with van der Waals surface area (Å²) in [5.41, 5.74) is 1.80. The predicted octanol–water partition coefficient (Wildman–Crippen LogP) is 3.75. The summed E-state index contributed by atoms with van der Waals surface area (Å²) < 4.78 is 16.1. The molecule has 1 unspecified atom stereocenters. The van der Waals surface area contributed by atoms with Crippen molar-refractivity contribution in [1.82, 2.24) is 5.32 Å². The van der Waals surface area contributed by atoms with Gasteiger partial charge < -0.3 is 19.5 Å². The maximum absolute atomic E-state index is 12.2. The first-order chi connectivity index (χ1) is 11.9. The van der Waals surface area contributed by atoms with Crippen molar-refractivity contribution in [3.63, 3.8) is 0 Å². The van der Waals surface area contributed by atoms with Gasteiger partial charge in [-0.1, -0.05) is 17.7 Å². The van der Waals surface area contributed by atoms with Crippen molar-refractivity contribution in [2.75, 3.05) is 14.2 Å². The molecule has 2 aromatic carbocycles. The molecule has 0 aliphatic heterocycles. The van der Waals surface area contributed by atoms with Crippen LogP contribution in [0.4, 0.5) is 0 Å². The van der Waals surface area contributed by atoms with Crippen LogP contribution in [0.2, 0.25) is 5.02 Å². The third kappa shape index (κ3) is 5.03. The molecule has 0 saturated carbocycles. The molecular formula is C19H22ClNO4. The quantitative estimate of drug-likeness (QED) is 0.814. The Bertz CT molecular complexity index is 748. The first-order valence-corrected chi connectivity index (χ1v) is 8.23. The van der Waals surface area contributed by atoms with E-state index in [2.05, 4.69) is 5.32 Å². The number of hydrogen-bond donors (Lipinski definition) is 1. The van der Waals surface area contributed by atoms with Crippen LogP contribution in [0.3, 0.4) is 0 Å². The second-order valence-electron chi connectivity index (χ2n) is 5.58. The van der Waals surface area contributed by atoms with Gasteiger partial charge >= 0.3 is 0 Å². The van der Waals surface area contributed by atoms with Crippen molar-refractivity contribution in [2.24, 2.45) is 0 Å². The van der Waals surface area contributed by atoms with Crippen LogP contribution >= 0.6 is 11.6 Å². The molecule has 0 aliphatic rings. The minimum atomic E-state index is -0.624. The Kier molecular flexibility index (Phi) is 6.53. The SMILES string of the molecule is COc1ccc(CNC(=O)C(C)Oc2ccc(Cl)c(C)c2)cc1OC. The number of rotatable bonds is 7. The van der Waals surface area contributed by atoms with Crippen molar-refractivity contribution < 1.29 is 19.0 Å². The van der Waals surface area contributed by atoms with Crippen molar-refractivity contribution >= 4 is 17.5 Å². The summed E-state index contributed by atoms with van der Waals surface area (Å²) in [7, 11) is 3.15. The molecule has 2 rings (SSSR count). The molecule has 0 spiro atoms. The van der Waals surface area contributed by atoms with Gasteiger partial charge in [0, 0.05) is 11.6 Å². The first kappa shape index (κ1) is 18.9. The Labute approximate surface area is 152 Å². The van der Waals surface area contributed by atoms with Crippen LogP contribution in [0.25, 0.3) is 0 Å². The largest absolute Gasteiger partial charge is 0.493 e. The summed E-state index contributed by atoms with van der Waals surface area (Å²) in [6, 6.07) is 10.8. The maximum Gasteiger partial charge on any atom is 0.261 e. The van der Waals surface area contributed by atoms with E-state index < -0.39 is 6.10 Å². The van der Waals surface area contributed by atoms with E-state index in [1.807, 2.05) is 19.1 Å². The van der Waals surface area contributed by atoms with E-state index in [1.54, 1.807) is 45.4 Å². The molecule has 5 nitrogen and oxygen atoms in total. The number of benzene rings is 2. The van der Waals surface area contributed by atoms with Gasteiger partial charge in [-0.05, 0) is 55.3 Å². The Morgan fingerprint density at radius 1 is 1.12 bits per heavy atom. The fraction of sp³-hybridized carbons (Fsp3) is 0.316. The van der Waals surface area contributed by atoms with E-state index in [-0.39, 0.29) is 5.91 Å². The van der Waals surface area contributed by atoms with Gasteiger partial charge in [0.25, 0.3) is 5.91 Å². The number of ether oxygens (including phenoxy) is 3. The highest BCUT2D eigenvalue weighted by atomic mass is 35.5. The molecular weight excluding hydrogens is 342 g/mol. The van der Waals surface area contributed by atoms with E-state index >= 15 is 0 Å². The zero-order valence-electron chi connectivity index (χ0n) is 14.8. The Morgan fingerprint density at radius 2 is 1.84 bits per heavy atom. The highest BCUT2D eigenvalue weighted by Crippen LogP contribution is 2.27. The summed E-state index contributed by atoms with van der Waals surface area (Å²) in [6.45, 7) is 3.96. The molecule has 25 heavy (non-hydrogen) atoms. The van der Waals surface area contributed by atoms with E-state index in [1.165, 1.54) is 0 Å². The number of carbonyl (C=O) groups excluding carboxylic acids is 1. The molecule has 0 saturated heterocycles. The van der Waals surface area contributed by atoms with E-state index in [9.17, 15) is 4.79 Å². The molecule has 6 heteroatoms. The fourth-order valence-corrected chi connectivity index (χ4v) is 2.39. The molecule has 134 valence electrons. The average molecular weight is 364 g/mol. The van der Waals surface area contributed by atoms with Crippen LogP contribution in [0.15, 0.2) is 36.4 Å². The number of methoxy groups -OCH3 is 2. The molecule has 1 N–H and O–H groups in total. The van der Waals surface area contributed by atoms with Gasteiger partial charge in [-0.3, -0.25) is 4.79 Å². The first-order valence-electron chi connectivity index (χ1n) is 7.86. The lowest BCUT2D eigenvalue weighted by Crippen LogP contribution is -2.35. The van der Waals surface area contributed by atoms with Crippen molar-refractivity contribution in [3.05, 3.63) is 52.5 Å². The van der Waals surface area contributed by atoms with Crippen LogP contribution in [-0.2, 0) is 11.3 Å². The third-order valence-corrected chi connectivity index (χ3v) is 4.15. The van der Waals surface area contributed by atoms with Crippen LogP contribution in [-0.4, -0.2) is 26.2 Å². The minimum Gasteiger partial charge on any atom is -0.493 e. The second-order valence-corrected chi connectivity index (χ2v) is 5.99. The van der Waals surface area contributed by atoms with Gasteiger partial charge in [0.05, 0.1) is 14.2 Å². The molecule has 0 bridgehead atoms. The van der Waals surface area contributed by atoms with Gasteiger partial charge in [0.2, 0.25) is 0 Å². The average Bonchev–Trinajstić information content (AvgIpc) is 2.62. The van der Waals surface area contributed by atoms with E-state index in [0.717, 1.165) is 11.1 Å². The summed E-state index contributed by atoms with van der Waals surface area (Å²) in [5.74, 6) is 1.67. The van der Waals surface area contributed by atoms with Crippen molar-refractivity contribution in [1.29, 1.82) is 0 Å². The lowest BCUT2D eigenvalue weighted by atomic mass is 10.2. The van der Waals surface area contributed by atoms with Crippen molar-refractivity contribution in [2.45, 2.75) is 26.5 Å². The number of aryl methyl sites for hydroxylation is 1. The Morgan fingerprint density at radius 3 is 2.48 bits per heavy atom. The fourth-order valence-electron chi connectivity index (χ4n) is 2.27. The monoisotopic (exact) mass is 363 g/mol. The lowest BCUT2D eigenvalue weighted by molar-refractivity contribution is -0.127. The standard InChI is InChI=1S/C19H22ClNO4/c1-12-9-15(6-7-16(12)20)25-13(2)19(22)21-11-14-5-8-17(23-3)18(10-14)24-4/h5-10,13H,11H2,1-4H3,(H,21,22). The molecule has 0 aromatic heterocycles. The number of carbonyl (C=O) groups is 1. The van der Waals surface area contributed by atoms with Gasteiger partial charge in [0.1, 0.15) is 5.75 Å². The van der Waals surface area contributed by atoms with Crippen LogP contribution in [0.1, 0.15) is 18.1 Å². The van der Waals surface area contributed by atoms with Crippen LogP contribution in [0.5, 0.6) is 17.2 Å². The van der Waals surface area contributed by atoms with Gasteiger partial charge in [0.15, 0.2) is 17.6 Å². The highest BCUT2D eigenvalue weighted by Gasteiger charge is 2.15. The number of hydrogen-bond acceptors (Lipinski definition) is 4. The molecule has 0 fully saturated rings. The van der Waals surface area contributed by atoms with Crippen LogP contribution in [0, 0.1) is 6.92 Å². The summed E-state index contributed by atoms with van der Waals surface area (Å²) in [6.07, 6.45) is -0.624. The molecule has 0 aliphatic carbocycles. The summed E-state index contributed by atoms with van der Waals surface area (Å²) in [5, 5.41) is 3.51. The zero-order chi connectivity index (χ0) is 18.4. The molecule has 1 atom stereocenters. The maximum atomic E-state index is 12.2. The topological polar surface area (TPSA) is 56.8 Å². The molecule has 0 heterocycles. The third-order valence-electron chi connectivity index (χ3n) is 3.73. The molecule has 1 amide bonds. The molecule has 0 radical (unpaired) electrons. The van der Waals surface area contributed by atoms with Gasteiger partial charge in [-0.15, -0.1) is 0 Å².